The second kappa shape index (κ2) is 7.29. The van der Waals surface area contributed by atoms with E-state index in [1.165, 1.54) is 24.3 Å². The van der Waals surface area contributed by atoms with Crippen LogP contribution in [0, 0.1) is 13.8 Å². The van der Waals surface area contributed by atoms with Crippen molar-refractivity contribution >= 4 is 37.0 Å². The zero-order valence-electron chi connectivity index (χ0n) is 15.2. The summed E-state index contributed by atoms with van der Waals surface area (Å²) in [7, 11) is -8.69. The molecule has 1 unspecified atom stereocenters. The van der Waals surface area contributed by atoms with Crippen LogP contribution in [-0.2, 0) is 20.0 Å². The standard InChI is InChI=1S/C18H20N2O4S3/c1-13-4-8-16(9-5-13)26(21,22)20(18-19-12-15(3)25-18)27(23,24)17-10-6-14(2)7-11-17/h4-11,15H,12H2,1-3H3. The van der Waals surface area contributed by atoms with Gasteiger partial charge in [0.15, 0.2) is 5.17 Å². The highest BCUT2D eigenvalue weighted by Gasteiger charge is 2.41. The fourth-order valence-corrected chi connectivity index (χ4v) is 7.52. The van der Waals surface area contributed by atoms with Gasteiger partial charge in [0.05, 0.1) is 16.3 Å². The van der Waals surface area contributed by atoms with Crippen molar-refractivity contribution in [2.45, 2.75) is 35.8 Å². The van der Waals surface area contributed by atoms with Gasteiger partial charge in [-0.2, -0.15) is 16.8 Å². The van der Waals surface area contributed by atoms with E-state index in [0.29, 0.717) is 10.3 Å². The quantitative estimate of drug-likeness (QED) is 0.753. The van der Waals surface area contributed by atoms with Gasteiger partial charge in [0, 0.05) is 5.25 Å². The number of hydrogen-bond acceptors (Lipinski definition) is 6. The van der Waals surface area contributed by atoms with E-state index in [1.807, 2.05) is 20.8 Å². The fraction of sp³-hybridized carbons (Fsp3) is 0.278. The third-order valence-corrected chi connectivity index (χ3v) is 9.46. The van der Waals surface area contributed by atoms with E-state index in [1.54, 1.807) is 24.3 Å². The smallest absolute Gasteiger partial charge is 0.260 e. The van der Waals surface area contributed by atoms with Gasteiger partial charge in [-0.3, -0.25) is 4.99 Å². The van der Waals surface area contributed by atoms with Gasteiger partial charge >= 0.3 is 0 Å². The topological polar surface area (TPSA) is 83.9 Å². The summed E-state index contributed by atoms with van der Waals surface area (Å²) >= 11 is 1.14. The maximum atomic E-state index is 13.3. The van der Waals surface area contributed by atoms with Crippen LogP contribution >= 0.6 is 11.8 Å². The molecular weight excluding hydrogens is 404 g/mol. The number of aryl methyl sites for hydroxylation is 2. The minimum atomic E-state index is -4.35. The van der Waals surface area contributed by atoms with Crippen LogP contribution in [0.1, 0.15) is 18.1 Å². The molecule has 0 amide bonds. The third-order valence-electron chi connectivity index (χ3n) is 4.02. The molecular formula is C18H20N2O4S3. The van der Waals surface area contributed by atoms with Crippen LogP contribution in [-0.4, -0.2) is 37.5 Å². The Labute approximate surface area is 164 Å². The Morgan fingerprint density at radius 3 is 1.59 bits per heavy atom. The number of aliphatic imine (C=N–C) groups is 1. The molecule has 1 aliphatic heterocycles. The normalized spacial score (nSPS) is 17.6. The molecule has 0 radical (unpaired) electrons. The van der Waals surface area contributed by atoms with E-state index in [2.05, 4.69) is 4.99 Å². The Balaban J connectivity index is 2.17. The molecule has 0 aromatic heterocycles. The summed E-state index contributed by atoms with van der Waals surface area (Å²) in [6.45, 7) is 5.89. The summed E-state index contributed by atoms with van der Waals surface area (Å²) in [4.78, 5) is 4.00. The lowest BCUT2D eigenvalue weighted by Crippen LogP contribution is -2.40. The van der Waals surface area contributed by atoms with E-state index >= 15 is 0 Å². The molecule has 0 saturated carbocycles. The lowest BCUT2D eigenvalue weighted by atomic mass is 10.2. The maximum absolute atomic E-state index is 13.3. The molecule has 0 fully saturated rings. The first-order valence-corrected chi connectivity index (χ1v) is 12.0. The average Bonchev–Trinajstić information content (AvgIpc) is 3.00. The Bertz CT molecular complexity index is 999. The second-order valence-electron chi connectivity index (χ2n) is 6.39. The third kappa shape index (κ3) is 3.90. The molecule has 0 bridgehead atoms. The molecule has 0 saturated heterocycles. The summed E-state index contributed by atoms with van der Waals surface area (Å²) in [5, 5.41) is -0.0208. The minimum Gasteiger partial charge on any atom is -0.260 e. The summed E-state index contributed by atoms with van der Waals surface area (Å²) in [5.41, 5.74) is 1.76. The van der Waals surface area contributed by atoms with Crippen LogP contribution < -0.4 is 0 Å². The average molecular weight is 425 g/mol. The van der Waals surface area contributed by atoms with Crippen LogP contribution in [0.5, 0.6) is 0 Å². The largest absolute Gasteiger partial charge is 0.279 e. The summed E-state index contributed by atoms with van der Waals surface area (Å²) < 4.78 is 53.6. The molecule has 2 aromatic carbocycles. The lowest BCUT2D eigenvalue weighted by molar-refractivity contribution is 0.547. The van der Waals surface area contributed by atoms with Crippen molar-refractivity contribution in [3.63, 3.8) is 0 Å². The second-order valence-corrected chi connectivity index (χ2v) is 11.6. The molecule has 6 nitrogen and oxygen atoms in total. The van der Waals surface area contributed by atoms with E-state index in [-0.39, 0.29) is 20.2 Å². The highest BCUT2D eigenvalue weighted by atomic mass is 32.3. The van der Waals surface area contributed by atoms with Gasteiger partial charge in [0.25, 0.3) is 20.0 Å². The molecule has 3 rings (SSSR count). The number of sulfonamides is 2. The van der Waals surface area contributed by atoms with Gasteiger partial charge in [-0.15, -0.1) is 3.71 Å². The van der Waals surface area contributed by atoms with Crippen molar-refractivity contribution in [2.75, 3.05) is 6.54 Å². The monoisotopic (exact) mass is 424 g/mol. The Morgan fingerprint density at radius 2 is 1.26 bits per heavy atom. The van der Waals surface area contributed by atoms with Crippen LogP contribution in [0.4, 0.5) is 0 Å². The SMILES string of the molecule is Cc1ccc(S(=O)(=O)N(C2=NCC(C)S2)S(=O)(=O)c2ccc(C)cc2)cc1. The Kier molecular flexibility index (Phi) is 5.38. The molecule has 1 heterocycles. The molecule has 0 aliphatic carbocycles. The molecule has 27 heavy (non-hydrogen) atoms. The van der Waals surface area contributed by atoms with E-state index < -0.39 is 20.0 Å². The van der Waals surface area contributed by atoms with Crippen LogP contribution in [0.2, 0.25) is 0 Å². The van der Waals surface area contributed by atoms with Crippen LogP contribution in [0.25, 0.3) is 0 Å². The van der Waals surface area contributed by atoms with Crippen molar-refractivity contribution in [2.24, 2.45) is 4.99 Å². The number of rotatable bonds is 4. The molecule has 0 N–H and O–H groups in total. The Morgan fingerprint density at radius 1 is 0.852 bits per heavy atom. The number of benzene rings is 2. The molecule has 2 aromatic rings. The highest BCUT2D eigenvalue weighted by molar-refractivity contribution is 8.18. The predicted molar refractivity (Wildman–Crippen MR) is 108 cm³/mol. The molecule has 0 spiro atoms. The zero-order valence-corrected chi connectivity index (χ0v) is 17.6. The summed E-state index contributed by atoms with van der Waals surface area (Å²) in [6.07, 6.45) is 0. The first kappa shape index (κ1) is 19.9. The number of thioether (sulfide) groups is 1. The maximum Gasteiger partial charge on any atom is 0.279 e. The summed E-state index contributed by atoms with van der Waals surface area (Å²) in [5.74, 6) is 0. The molecule has 1 atom stereocenters. The van der Waals surface area contributed by atoms with Gasteiger partial charge in [-0.05, 0) is 38.1 Å². The van der Waals surface area contributed by atoms with E-state index in [0.717, 1.165) is 22.9 Å². The molecule has 9 heteroatoms. The van der Waals surface area contributed by atoms with Crippen molar-refractivity contribution in [1.29, 1.82) is 0 Å². The first-order chi connectivity index (χ1) is 12.6. The number of amidine groups is 1. The number of hydrogen-bond donors (Lipinski definition) is 0. The number of nitrogens with zero attached hydrogens (tertiary/aromatic N) is 2. The predicted octanol–water partition coefficient (Wildman–Crippen LogP) is 3.17. The molecule has 1 aliphatic rings. The summed E-state index contributed by atoms with van der Waals surface area (Å²) in [6, 6.07) is 12.2. The fourth-order valence-electron chi connectivity index (χ4n) is 2.51. The van der Waals surface area contributed by atoms with E-state index in [4.69, 9.17) is 0 Å². The molecule has 144 valence electrons. The van der Waals surface area contributed by atoms with Crippen molar-refractivity contribution < 1.29 is 16.8 Å². The van der Waals surface area contributed by atoms with Crippen LogP contribution in [0.15, 0.2) is 63.3 Å². The highest BCUT2D eigenvalue weighted by Crippen LogP contribution is 2.32. The van der Waals surface area contributed by atoms with Gasteiger partial charge < -0.3 is 0 Å². The minimum absolute atomic E-state index is 0.00364. The lowest BCUT2D eigenvalue weighted by Gasteiger charge is -2.23. The van der Waals surface area contributed by atoms with Crippen molar-refractivity contribution in [3.8, 4) is 0 Å². The van der Waals surface area contributed by atoms with Gasteiger partial charge in [0.2, 0.25) is 0 Å². The van der Waals surface area contributed by atoms with Gasteiger partial charge in [0.1, 0.15) is 0 Å². The first-order valence-electron chi connectivity index (χ1n) is 8.27. The van der Waals surface area contributed by atoms with Crippen molar-refractivity contribution in [3.05, 3.63) is 59.7 Å². The van der Waals surface area contributed by atoms with E-state index in [9.17, 15) is 16.8 Å². The Hall–Kier alpha value is -1.84. The van der Waals surface area contributed by atoms with Crippen LogP contribution in [0.3, 0.4) is 0 Å². The van der Waals surface area contributed by atoms with Gasteiger partial charge in [-0.1, -0.05) is 54.1 Å². The van der Waals surface area contributed by atoms with Crippen molar-refractivity contribution in [1.82, 2.24) is 3.71 Å². The zero-order chi connectivity index (χ0) is 19.8. The van der Waals surface area contributed by atoms with Gasteiger partial charge in [-0.25, -0.2) is 0 Å².